The summed E-state index contributed by atoms with van der Waals surface area (Å²) < 4.78 is 7.13. The molecule has 1 amide bonds. The Bertz CT molecular complexity index is 981. The fourth-order valence-corrected chi connectivity index (χ4v) is 2.43. The summed E-state index contributed by atoms with van der Waals surface area (Å²) in [5, 5.41) is 17.8. The van der Waals surface area contributed by atoms with Crippen molar-refractivity contribution in [3.8, 4) is 11.5 Å². The largest absolute Gasteiger partial charge is 0.457 e. The van der Waals surface area contributed by atoms with Crippen LogP contribution in [-0.4, -0.2) is 20.6 Å². The lowest BCUT2D eigenvalue weighted by Crippen LogP contribution is -2.16. The molecule has 1 N–H and O–H groups in total. The van der Waals surface area contributed by atoms with E-state index in [1.807, 2.05) is 25.1 Å². The van der Waals surface area contributed by atoms with Crippen molar-refractivity contribution in [3.63, 3.8) is 0 Å². The summed E-state index contributed by atoms with van der Waals surface area (Å²) in [7, 11) is 1.63. The molecule has 0 saturated carbocycles. The minimum Gasteiger partial charge on any atom is -0.457 e. The maximum absolute atomic E-state index is 12.3. The lowest BCUT2D eigenvalue weighted by atomic mass is 10.2. The molecule has 0 spiro atoms. The number of benzene rings is 2. The third-order valence-electron chi connectivity index (χ3n) is 3.64. The number of nitrogens with zero attached hydrogens (tertiary/aromatic N) is 3. The Morgan fingerprint density at radius 3 is 2.65 bits per heavy atom. The highest BCUT2D eigenvalue weighted by molar-refractivity contribution is 6.03. The molecule has 3 rings (SSSR count). The quantitative estimate of drug-likeness (QED) is 0.558. The Balaban J connectivity index is 1.90. The number of aromatic nitrogens is 2. The van der Waals surface area contributed by atoms with Crippen molar-refractivity contribution in [1.29, 1.82) is 0 Å². The third-order valence-corrected chi connectivity index (χ3v) is 3.64. The van der Waals surface area contributed by atoms with Crippen LogP contribution < -0.4 is 10.1 Å². The van der Waals surface area contributed by atoms with Gasteiger partial charge in [-0.1, -0.05) is 12.1 Å². The van der Waals surface area contributed by atoms with Crippen LogP contribution in [0.25, 0.3) is 0 Å². The lowest BCUT2D eigenvalue weighted by Gasteiger charge is -2.10. The number of rotatable bonds is 5. The van der Waals surface area contributed by atoms with E-state index in [2.05, 4.69) is 10.4 Å². The normalized spacial score (nSPS) is 10.4. The molecular weight excluding hydrogens is 336 g/mol. The van der Waals surface area contributed by atoms with Gasteiger partial charge in [0, 0.05) is 25.4 Å². The van der Waals surface area contributed by atoms with Gasteiger partial charge < -0.3 is 10.1 Å². The average molecular weight is 352 g/mol. The Morgan fingerprint density at radius 2 is 2.00 bits per heavy atom. The number of anilines is 1. The molecule has 0 atom stereocenters. The first-order chi connectivity index (χ1) is 12.4. The van der Waals surface area contributed by atoms with Crippen LogP contribution in [0.1, 0.15) is 16.1 Å². The predicted octanol–water partition coefficient (Wildman–Crippen LogP) is 3.68. The maximum atomic E-state index is 12.3. The van der Waals surface area contributed by atoms with Crippen molar-refractivity contribution in [2.75, 3.05) is 5.32 Å². The van der Waals surface area contributed by atoms with E-state index in [-0.39, 0.29) is 17.1 Å². The zero-order valence-electron chi connectivity index (χ0n) is 14.2. The maximum Gasteiger partial charge on any atom is 0.275 e. The summed E-state index contributed by atoms with van der Waals surface area (Å²) in [6, 6.07) is 13.0. The van der Waals surface area contributed by atoms with Gasteiger partial charge in [-0.2, -0.15) is 5.10 Å². The van der Waals surface area contributed by atoms with Crippen LogP contribution in [0.4, 0.5) is 11.4 Å². The highest BCUT2D eigenvalue weighted by Crippen LogP contribution is 2.30. The molecule has 0 fully saturated rings. The van der Waals surface area contributed by atoms with Crippen molar-refractivity contribution in [2.45, 2.75) is 6.92 Å². The Hall–Kier alpha value is -3.68. The van der Waals surface area contributed by atoms with E-state index in [1.165, 1.54) is 29.1 Å². The van der Waals surface area contributed by atoms with Gasteiger partial charge in [-0.15, -0.1) is 0 Å². The van der Waals surface area contributed by atoms with E-state index in [0.717, 1.165) is 5.56 Å². The minimum absolute atomic E-state index is 0.185. The molecule has 2 aromatic carbocycles. The molecular formula is C18H16N4O4. The number of hydrogen-bond donors (Lipinski definition) is 1. The SMILES string of the molecule is Cc1cccc(Oc2cc(NC(=O)c3ccnn3C)cc([N+](=O)[O-])c2)c1. The summed E-state index contributed by atoms with van der Waals surface area (Å²) in [4.78, 5) is 23.0. The standard InChI is InChI=1S/C18H16N4O4/c1-12-4-3-5-15(8-12)26-16-10-13(9-14(11-16)22(24)25)20-18(23)17-6-7-19-21(17)2/h3-11H,1-2H3,(H,20,23). The zero-order chi connectivity index (χ0) is 18.7. The molecule has 26 heavy (non-hydrogen) atoms. The molecule has 0 aliphatic rings. The monoisotopic (exact) mass is 352 g/mol. The summed E-state index contributed by atoms with van der Waals surface area (Å²) in [6.07, 6.45) is 1.49. The zero-order valence-corrected chi connectivity index (χ0v) is 14.2. The molecule has 0 bridgehead atoms. The second kappa shape index (κ2) is 7.06. The van der Waals surface area contributed by atoms with Crippen LogP contribution in [0.2, 0.25) is 0 Å². The van der Waals surface area contributed by atoms with Gasteiger partial charge >= 0.3 is 0 Å². The van der Waals surface area contributed by atoms with Crippen molar-refractivity contribution in [2.24, 2.45) is 7.05 Å². The second-order valence-corrected chi connectivity index (χ2v) is 5.69. The summed E-state index contributed by atoms with van der Waals surface area (Å²) in [5.74, 6) is 0.381. The molecule has 8 heteroatoms. The van der Waals surface area contributed by atoms with Crippen molar-refractivity contribution < 1.29 is 14.5 Å². The fraction of sp³-hybridized carbons (Fsp3) is 0.111. The van der Waals surface area contributed by atoms with E-state index in [4.69, 9.17) is 4.74 Å². The fourth-order valence-electron chi connectivity index (χ4n) is 2.43. The molecule has 1 heterocycles. The van der Waals surface area contributed by atoms with Gasteiger partial charge in [-0.05, 0) is 30.7 Å². The van der Waals surface area contributed by atoms with E-state index in [9.17, 15) is 14.9 Å². The molecule has 132 valence electrons. The van der Waals surface area contributed by atoms with Crippen molar-refractivity contribution in [1.82, 2.24) is 9.78 Å². The number of hydrogen-bond acceptors (Lipinski definition) is 5. The number of aryl methyl sites for hydroxylation is 2. The van der Waals surface area contributed by atoms with Crippen LogP contribution in [-0.2, 0) is 7.05 Å². The number of nitrogens with one attached hydrogen (secondary N) is 1. The Morgan fingerprint density at radius 1 is 1.19 bits per heavy atom. The average Bonchev–Trinajstić information content (AvgIpc) is 3.00. The van der Waals surface area contributed by atoms with Crippen LogP contribution in [0.15, 0.2) is 54.7 Å². The molecule has 0 aliphatic heterocycles. The van der Waals surface area contributed by atoms with E-state index < -0.39 is 10.8 Å². The molecule has 0 aliphatic carbocycles. The van der Waals surface area contributed by atoms with E-state index >= 15 is 0 Å². The first kappa shape index (κ1) is 17.2. The first-order valence-electron chi connectivity index (χ1n) is 7.76. The van der Waals surface area contributed by atoms with E-state index in [1.54, 1.807) is 19.2 Å². The molecule has 1 aromatic heterocycles. The highest BCUT2D eigenvalue weighted by Gasteiger charge is 2.15. The molecule has 8 nitrogen and oxygen atoms in total. The Kier molecular flexibility index (Phi) is 4.66. The van der Waals surface area contributed by atoms with Gasteiger partial charge in [-0.25, -0.2) is 0 Å². The number of carbonyl (C=O) groups is 1. The topological polar surface area (TPSA) is 99.3 Å². The summed E-state index contributed by atoms with van der Waals surface area (Å²) in [6.45, 7) is 1.92. The van der Waals surface area contributed by atoms with Crippen LogP contribution in [0.5, 0.6) is 11.5 Å². The van der Waals surface area contributed by atoms with Crippen LogP contribution in [0, 0.1) is 17.0 Å². The summed E-state index contributed by atoms with van der Waals surface area (Å²) in [5.41, 5.74) is 1.40. The van der Waals surface area contributed by atoms with Gasteiger partial charge in [0.05, 0.1) is 16.7 Å². The van der Waals surface area contributed by atoms with Gasteiger partial charge in [0.2, 0.25) is 0 Å². The number of nitro groups is 1. The molecule has 0 unspecified atom stereocenters. The smallest absolute Gasteiger partial charge is 0.275 e. The number of carbonyl (C=O) groups excluding carboxylic acids is 1. The molecule has 0 radical (unpaired) electrons. The second-order valence-electron chi connectivity index (χ2n) is 5.69. The third kappa shape index (κ3) is 3.86. The summed E-state index contributed by atoms with van der Waals surface area (Å²) >= 11 is 0. The number of ether oxygens (including phenoxy) is 1. The van der Waals surface area contributed by atoms with Gasteiger partial charge in [-0.3, -0.25) is 19.6 Å². The number of amides is 1. The van der Waals surface area contributed by atoms with Gasteiger partial charge in [0.1, 0.15) is 17.2 Å². The van der Waals surface area contributed by atoms with Crippen LogP contribution in [0.3, 0.4) is 0 Å². The number of nitro benzene ring substituents is 1. The number of non-ortho nitro benzene ring substituents is 1. The highest BCUT2D eigenvalue weighted by atomic mass is 16.6. The van der Waals surface area contributed by atoms with Crippen molar-refractivity contribution >= 4 is 17.3 Å². The lowest BCUT2D eigenvalue weighted by molar-refractivity contribution is -0.384. The first-order valence-corrected chi connectivity index (χ1v) is 7.76. The van der Waals surface area contributed by atoms with Crippen LogP contribution >= 0.6 is 0 Å². The molecule has 0 saturated heterocycles. The minimum atomic E-state index is -0.539. The van der Waals surface area contributed by atoms with E-state index in [0.29, 0.717) is 11.4 Å². The van der Waals surface area contributed by atoms with Crippen molar-refractivity contribution in [3.05, 3.63) is 76.1 Å². The van der Waals surface area contributed by atoms with Gasteiger partial charge in [0.25, 0.3) is 11.6 Å². The van der Waals surface area contributed by atoms with Gasteiger partial charge in [0.15, 0.2) is 0 Å². The Labute approximate surface area is 149 Å². The predicted molar refractivity (Wildman–Crippen MR) is 95.5 cm³/mol. The molecule has 3 aromatic rings.